The van der Waals surface area contributed by atoms with E-state index in [1.807, 2.05) is 0 Å². The molecule has 1 aliphatic heterocycles. The van der Waals surface area contributed by atoms with Gasteiger partial charge in [-0.2, -0.15) is 0 Å². The van der Waals surface area contributed by atoms with E-state index in [1.165, 1.54) is 0 Å². The van der Waals surface area contributed by atoms with Crippen LogP contribution >= 0.6 is 0 Å². The fourth-order valence-corrected chi connectivity index (χ4v) is 1.71. The van der Waals surface area contributed by atoms with Gasteiger partial charge in [0, 0.05) is 12.6 Å². The van der Waals surface area contributed by atoms with Gasteiger partial charge in [-0.25, -0.2) is 0 Å². The standard InChI is InChI=1S/C9H19NO3/c1-5(2)3-6-8(12)9(13)7(11)4-10-6/h5-13H,3-4H2,1-2H3/t6-,7+,8-,9-/m1/s1. The third-order valence-electron chi connectivity index (χ3n) is 2.47. The van der Waals surface area contributed by atoms with Crippen molar-refractivity contribution in [2.75, 3.05) is 6.54 Å². The van der Waals surface area contributed by atoms with E-state index in [1.54, 1.807) is 0 Å². The van der Waals surface area contributed by atoms with Crippen molar-refractivity contribution in [2.24, 2.45) is 5.92 Å². The summed E-state index contributed by atoms with van der Waals surface area (Å²) < 4.78 is 0. The number of aliphatic hydroxyl groups excluding tert-OH is 3. The highest BCUT2D eigenvalue weighted by Gasteiger charge is 2.35. The lowest BCUT2D eigenvalue weighted by atomic mass is 9.90. The molecule has 4 atom stereocenters. The second-order valence-corrected chi connectivity index (χ2v) is 4.19. The highest BCUT2D eigenvalue weighted by atomic mass is 16.4. The second-order valence-electron chi connectivity index (χ2n) is 4.19. The molecule has 0 radical (unpaired) electrons. The summed E-state index contributed by atoms with van der Waals surface area (Å²) in [5, 5.41) is 31.2. The van der Waals surface area contributed by atoms with Crippen LogP contribution in [0.2, 0.25) is 0 Å². The molecule has 4 N–H and O–H groups in total. The molecular formula is C9H19NO3. The first-order valence-corrected chi connectivity index (χ1v) is 4.80. The Labute approximate surface area is 78.6 Å². The predicted octanol–water partition coefficient (Wildman–Crippen LogP) is -0.913. The molecule has 0 saturated carbocycles. The zero-order chi connectivity index (χ0) is 10.0. The minimum absolute atomic E-state index is 0.0987. The van der Waals surface area contributed by atoms with Gasteiger partial charge in [-0.1, -0.05) is 13.8 Å². The van der Waals surface area contributed by atoms with Crippen molar-refractivity contribution < 1.29 is 15.3 Å². The van der Waals surface area contributed by atoms with Gasteiger partial charge in [-0.3, -0.25) is 0 Å². The van der Waals surface area contributed by atoms with Crippen molar-refractivity contribution in [1.82, 2.24) is 5.32 Å². The van der Waals surface area contributed by atoms with E-state index < -0.39 is 18.3 Å². The first-order chi connectivity index (χ1) is 6.02. The fraction of sp³-hybridized carbons (Fsp3) is 1.00. The molecule has 78 valence electrons. The average Bonchev–Trinajstić information content (AvgIpc) is 2.06. The fourth-order valence-electron chi connectivity index (χ4n) is 1.71. The summed E-state index contributed by atoms with van der Waals surface area (Å²) in [6.45, 7) is 4.48. The van der Waals surface area contributed by atoms with E-state index in [0.29, 0.717) is 12.5 Å². The Morgan fingerprint density at radius 2 is 1.85 bits per heavy atom. The minimum Gasteiger partial charge on any atom is -0.389 e. The highest BCUT2D eigenvalue weighted by Crippen LogP contribution is 2.16. The molecule has 0 aromatic carbocycles. The summed E-state index contributed by atoms with van der Waals surface area (Å²) >= 11 is 0. The van der Waals surface area contributed by atoms with Crippen LogP contribution < -0.4 is 5.32 Å². The van der Waals surface area contributed by atoms with Crippen LogP contribution in [0.25, 0.3) is 0 Å². The Kier molecular flexibility index (Phi) is 3.67. The van der Waals surface area contributed by atoms with Gasteiger partial charge in [-0.15, -0.1) is 0 Å². The molecule has 0 aromatic rings. The zero-order valence-electron chi connectivity index (χ0n) is 8.14. The smallest absolute Gasteiger partial charge is 0.108 e. The maximum atomic E-state index is 9.58. The molecule has 1 fully saturated rings. The first kappa shape index (κ1) is 10.9. The maximum absolute atomic E-state index is 9.58. The Hall–Kier alpha value is -0.160. The van der Waals surface area contributed by atoms with Gasteiger partial charge in [0.25, 0.3) is 0 Å². The van der Waals surface area contributed by atoms with Crippen LogP contribution in [0.3, 0.4) is 0 Å². The average molecular weight is 189 g/mol. The SMILES string of the molecule is CC(C)C[C@H]1NC[C@H](O)[C@@H](O)[C@@H]1O. The number of hydrogen-bond donors (Lipinski definition) is 4. The van der Waals surface area contributed by atoms with Gasteiger partial charge in [0.05, 0.1) is 12.2 Å². The van der Waals surface area contributed by atoms with Crippen LogP contribution in [0.1, 0.15) is 20.3 Å². The van der Waals surface area contributed by atoms with Gasteiger partial charge >= 0.3 is 0 Å². The Morgan fingerprint density at radius 3 is 2.38 bits per heavy atom. The number of aliphatic hydroxyl groups is 3. The van der Waals surface area contributed by atoms with Crippen LogP contribution in [0, 0.1) is 5.92 Å². The number of nitrogens with one attached hydrogen (secondary N) is 1. The van der Waals surface area contributed by atoms with E-state index in [0.717, 1.165) is 6.42 Å². The Morgan fingerprint density at radius 1 is 1.23 bits per heavy atom. The van der Waals surface area contributed by atoms with E-state index in [4.69, 9.17) is 0 Å². The number of hydrogen-bond acceptors (Lipinski definition) is 4. The van der Waals surface area contributed by atoms with Gasteiger partial charge in [0.2, 0.25) is 0 Å². The van der Waals surface area contributed by atoms with Crippen molar-refractivity contribution in [3.8, 4) is 0 Å². The van der Waals surface area contributed by atoms with E-state index in [-0.39, 0.29) is 6.04 Å². The molecule has 13 heavy (non-hydrogen) atoms. The summed E-state index contributed by atoms with van der Waals surface area (Å²) in [6.07, 6.45) is -1.90. The molecule has 1 saturated heterocycles. The van der Waals surface area contributed by atoms with E-state index in [9.17, 15) is 15.3 Å². The maximum Gasteiger partial charge on any atom is 0.108 e. The van der Waals surface area contributed by atoms with E-state index >= 15 is 0 Å². The normalized spacial score (nSPS) is 41.1. The third-order valence-corrected chi connectivity index (χ3v) is 2.47. The predicted molar refractivity (Wildman–Crippen MR) is 49.3 cm³/mol. The molecule has 0 unspecified atom stereocenters. The van der Waals surface area contributed by atoms with Gasteiger partial charge in [-0.05, 0) is 12.3 Å². The summed E-state index contributed by atoms with van der Waals surface area (Å²) in [5.41, 5.74) is 0. The summed E-state index contributed by atoms with van der Waals surface area (Å²) in [7, 11) is 0. The summed E-state index contributed by atoms with van der Waals surface area (Å²) in [5.74, 6) is 0.467. The lowest BCUT2D eigenvalue weighted by molar-refractivity contribution is -0.0965. The molecule has 1 aliphatic rings. The van der Waals surface area contributed by atoms with E-state index in [2.05, 4.69) is 19.2 Å². The summed E-state index contributed by atoms with van der Waals surface area (Å²) in [4.78, 5) is 0. The van der Waals surface area contributed by atoms with Crippen LogP contribution in [0.5, 0.6) is 0 Å². The van der Waals surface area contributed by atoms with Crippen molar-refractivity contribution in [2.45, 2.75) is 44.6 Å². The van der Waals surface area contributed by atoms with Crippen molar-refractivity contribution in [1.29, 1.82) is 0 Å². The van der Waals surface area contributed by atoms with Crippen LogP contribution in [0.4, 0.5) is 0 Å². The van der Waals surface area contributed by atoms with Gasteiger partial charge < -0.3 is 20.6 Å². The quantitative estimate of drug-likeness (QED) is 0.454. The minimum atomic E-state index is -1.01. The van der Waals surface area contributed by atoms with Gasteiger partial charge in [0.1, 0.15) is 6.10 Å². The van der Waals surface area contributed by atoms with Crippen molar-refractivity contribution in [3.63, 3.8) is 0 Å². The van der Waals surface area contributed by atoms with Gasteiger partial charge in [0.15, 0.2) is 0 Å². The van der Waals surface area contributed by atoms with Crippen molar-refractivity contribution >= 4 is 0 Å². The molecular weight excluding hydrogens is 170 g/mol. The molecule has 0 bridgehead atoms. The molecule has 1 rings (SSSR count). The topological polar surface area (TPSA) is 72.7 Å². The Bertz CT molecular complexity index is 163. The number of β-amino-alcohol motifs (C(OH)–C–C–N with tert-alkyl or cyclic N) is 1. The molecule has 4 heteroatoms. The number of piperidine rings is 1. The lowest BCUT2D eigenvalue weighted by Crippen LogP contribution is -2.59. The zero-order valence-corrected chi connectivity index (χ0v) is 8.14. The molecule has 1 heterocycles. The molecule has 0 amide bonds. The number of rotatable bonds is 2. The molecule has 4 nitrogen and oxygen atoms in total. The third kappa shape index (κ3) is 2.64. The van der Waals surface area contributed by atoms with Crippen molar-refractivity contribution in [3.05, 3.63) is 0 Å². The van der Waals surface area contributed by atoms with Crippen LogP contribution in [0.15, 0.2) is 0 Å². The Balaban J connectivity index is 2.48. The van der Waals surface area contributed by atoms with Crippen LogP contribution in [-0.4, -0.2) is 46.2 Å². The lowest BCUT2D eigenvalue weighted by Gasteiger charge is -2.36. The first-order valence-electron chi connectivity index (χ1n) is 4.80. The van der Waals surface area contributed by atoms with Crippen LogP contribution in [-0.2, 0) is 0 Å². The molecule has 0 spiro atoms. The highest BCUT2D eigenvalue weighted by molar-refractivity contribution is 4.92. The second kappa shape index (κ2) is 4.37. The largest absolute Gasteiger partial charge is 0.389 e. The molecule has 0 aliphatic carbocycles. The monoisotopic (exact) mass is 189 g/mol. The molecule has 0 aromatic heterocycles. The summed E-state index contributed by atoms with van der Waals surface area (Å²) in [6, 6.07) is -0.0987.